The number of likely N-dealkylation sites (tertiary alicyclic amines) is 1. The van der Waals surface area contributed by atoms with Crippen LogP contribution in [0.3, 0.4) is 0 Å². The largest absolute Gasteiger partial charge is 0.311 e. The molecule has 106 valence electrons. The predicted molar refractivity (Wildman–Crippen MR) is 73.0 cm³/mol. The summed E-state index contributed by atoms with van der Waals surface area (Å²) in [7, 11) is 0. The highest BCUT2D eigenvalue weighted by atomic mass is 19.2. The van der Waals surface area contributed by atoms with Crippen molar-refractivity contribution in [2.45, 2.75) is 38.8 Å². The van der Waals surface area contributed by atoms with E-state index in [4.69, 9.17) is 0 Å². The molecule has 0 amide bonds. The molecular weight excluding hydrogens is 246 g/mol. The van der Waals surface area contributed by atoms with Crippen LogP contribution in [0.2, 0.25) is 0 Å². The number of nitrogens with zero attached hydrogens (tertiary/aromatic N) is 1. The Bertz CT molecular complexity index is 403. The third kappa shape index (κ3) is 3.98. The lowest BCUT2D eigenvalue weighted by Gasteiger charge is -2.26. The Balaban J connectivity index is 1.79. The maximum Gasteiger partial charge on any atom is 0.159 e. The van der Waals surface area contributed by atoms with Gasteiger partial charge in [0.2, 0.25) is 0 Å². The van der Waals surface area contributed by atoms with Gasteiger partial charge >= 0.3 is 0 Å². The van der Waals surface area contributed by atoms with Gasteiger partial charge in [-0.1, -0.05) is 13.0 Å². The predicted octanol–water partition coefficient (Wildman–Crippen LogP) is 2.93. The minimum absolute atomic E-state index is 0.549. The Hall–Kier alpha value is -1.00. The summed E-state index contributed by atoms with van der Waals surface area (Å²) < 4.78 is 25.9. The number of halogens is 2. The molecular formula is C15H22F2N2. The first kappa shape index (κ1) is 14.4. The van der Waals surface area contributed by atoms with Gasteiger partial charge < -0.3 is 5.32 Å². The van der Waals surface area contributed by atoms with Gasteiger partial charge in [-0.05, 0) is 50.0 Å². The zero-order valence-electron chi connectivity index (χ0n) is 11.5. The zero-order chi connectivity index (χ0) is 13.7. The molecule has 1 heterocycles. The molecule has 1 saturated heterocycles. The lowest BCUT2D eigenvalue weighted by Crippen LogP contribution is -2.40. The Morgan fingerprint density at radius 2 is 1.95 bits per heavy atom. The van der Waals surface area contributed by atoms with Crippen LogP contribution in [0.15, 0.2) is 18.2 Å². The molecule has 0 saturated carbocycles. The van der Waals surface area contributed by atoms with Crippen LogP contribution in [-0.4, -0.2) is 30.6 Å². The van der Waals surface area contributed by atoms with Crippen molar-refractivity contribution in [2.24, 2.45) is 0 Å². The highest BCUT2D eigenvalue weighted by molar-refractivity contribution is 5.17. The molecule has 0 bridgehead atoms. The molecule has 1 aliphatic rings. The lowest BCUT2D eigenvalue weighted by molar-refractivity contribution is 0.229. The van der Waals surface area contributed by atoms with Gasteiger partial charge in [-0.3, -0.25) is 4.90 Å². The van der Waals surface area contributed by atoms with Gasteiger partial charge in [-0.2, -0.15) is 0 Å². The fourth-order valence-corrected chi connectivity index (χ4v) is 2.67. The molecule has 1 aliphatic heterocycles. The molecule has 1 atom stereocenters. The molecule has 1 fully saturated rings. The Morgan fingerprint density at radius 1 is 1.21 bits per heavy atom. The van der Waals surface area contributed by atoms with Crippen LogP contribution in [0.1, 0.15) is 31.7 Å². The third-order valence-electron chi connectivity index (χ3n) is 3.82. The van der Waals surface area contributed by atoms with E-state index in [2.05, 4.69) is 17.1 Å². The van der Waals surface area contributed by atoms with Crippen molar-refractivity contribution in [1.82, 2.24) is 10.2 Å². The van der Waals surface area contributed by atoms with Crippen LogP contribution in [0.4, 0.5) is 8.78 Å². The Morgan fingerprint density at radius 3 is 2.58 bits per heavy atom. The van der Waals surface area contributed by atoms with Crippen LogP contribution in [0, 0.1) is 11.6 Å². The molecule has 0 radical (unpaired) electrons. The number of rotatable bonds is 6. The number of benzene rings is 1. The van der Waals surface area contributed by atoms with Gasteiger partial charge in [0.15, 0.2) is 11.6 Å². The highest BCUT2D eigenvalue weighted by Crippen LogP contribution is 2.14. The standard InChI is InChI=1S/C15H22F2N2/c1-2-13(19-7-3-4-8-19)11-18-10-12-5-6-14(16)15(17)9-12/h5-6,9,13,18H,2-4,7-8,10-11H2,1H3. The maximum atomic E-state index is 13.1. The van der Waals surface area contributed by atoms with Crippen LogP contribution >= 0.6 is 0 Å². The summed E-state index contributed by atoms with van der Waals surface area (Å²) in [6.45, 7) is 6.05. The van der Waals surface area contributed by atoms with E-state index >= 15 is 0 Å². The number of hydrogen-bond acceptors (Lipinski definition) is 2. The van der Waals surface area contributed by atoms with Crippen molar-refractivity contribution < 1.29 is 8.78 Å². The van der Waals surface area contributed by atoms with Crippen LogP contribution in [0.5, 0.6) is 0 Å². The van der Waals surface area contributed by atoms with Gasteiger partial charge in [0, 0.05) is 19.1 Å². The molecule has 19 heavy (non-hydrogen) atoms. The summed E-state index contributed by atoms with van der Waals surface area (Å²) in [5.74, 6) is -1.56. The third-order valence-corrected chi connectivity index (χ3v) is 3.82. The van der Waals surface area contributed by atoms with E-state index in [1.54, 1.807) is 6.07 Å². The Kier molecular flexibility index (Phi) is 5.28. The van der Waals surface area contributed by atoms with Gasteiger partial charge in [-0.25, -0.2) is 8.78 Å². The zero-order valence-corrected chi connectivity index (χ0v) is 11.5. The molecule has 2 nitrogen and oxygen atoms in total. The maximum absolute atomic E-state index is 13.1. The second kappa shape index (κ2) is 6.96. The van der Waals surface area contributed by atoms with Gasteiger partial charge in [0.1, 0.15) is 0 Å². The lowest BCUT2D eigenvalue weighted by atomic mass is 10.1. The average Bonchev–Trinajstić information content (AvgIpc) is 2.92. The molecule has 2 rings (SSSR count). The van der Waals surface area contributed by atoms with E-state index in [0.717, 1.165) is 18.5 Å². The van der Waals surface area contributed by atoms with Crippen molar-refractivity contribution in [3.8, 4) is 0 Å². The monoisotopic (exact) mass is 268 g/mol. The fourth-order valence-electron chi connectivity index (χ4n) is 2.67. The van der Waals surface area contributed by atoms with Crippen LogP contribution in [-0.2, 0) is 6.54 Å². The van der Waals surface area contributed by atoms with Crippen LogP contribution in [0.25, 0.3) is 0 Å². The first-order valence-electron chi connectivity index (χ1n) is 7.09. The van der Waals surface area contributed by atoms with Crippen molar-refractivity contribution in [3.05, 3.63) is 35.4 Å². The molecule has 4 heteroatoms. The molecule has 1 aromatic rings. The minimum atomic E-state index is -0.785. The first-order valence-corrected chi connectivity index (χ1v) is 7.09. The van der Waals surface area contributed by atoms with E-state index in [1.807, 2.05) is 0 Å². The summed E-state index contributed by atoms with van der Waals surface area (Å²) >= 11 is 0. The Labute approximate surface area is 113 Å². The molecule has 0 spiro atoms. The second-order valence-electron chi connectivity index (χ2n) is 5.18. The fraction of sp³-hybridized carbons (Fsp3) is 0.600. The quantitative estimate of drug-likeness (QED) is 0.853. The summed E-state index contributed by atoms with van der Waals surface area (Å²) in [6, 6.07) is 4.62. The summed E-state index contributed by atoms with van der Waals surface area (Å²) in [4.78, 5) is 2.51. The van der Waals surface area contributed by atoms with Crippen LogP contribution < -0.4 is 5.32 Å². The first-order chi connectivity index (χ1) is 9.20. The molecule has 0 aliphatic carbocycles. The summed E-state index contributed by atoms with van der Waals surface area (Å²) in [6.07, 6.45) is 3.70. The smallest absolute Gasteiger partial charge is 0.159 e. The van der Waals surface area contributed by atoms with E-state index in [0.29, 0.717) is 12.6 Å². The van der Waals surface area contributed by atoms with E-state index in [-0.39, 0.29) is 0 Å². The second-order valence-corrected chi connectivity index (χ2v) is 5.18. The van der Waals surface area contributed by atoms with Crippen molar-refractivity contribution in [2.75, 3.05) is 19.6 Å². The van der Waals surface area contributed by atoms with E-state index in [1.165, 1.54) is 38.1 Å². The normalized spacial score (nSPS) is 17.8. The van der Waals surface area contributed by atoms with Gasteiger partial charge in [-0.15, -0.1) is 0 Å². The number of nitrogens with one attached hydrogen (secondary N) is 1. The van der Waals surface area contributed by atoms with E-state index in [9.17, 15) is 8.78 Å². The van der Waals surface area contributed by atoms with Gasteiger partial charge in [0.05, 0.1) is 0 Å². The number of hydrogen-bond donors (Lipinski definition) is 1. The van der Waals surface area contributed by atoms with Crippen molar-refractivity contribution in [1.29, 1.82) is 0 Å². The molecule has 1 unspecified atom stereocenters. The van der Waals surface area contributed by atoms with E-state index < -0.39 is 11.6 Å². The van der Waals surface area contributed by atoms with Crippen molar-refractivity contribution >= 4 is 0 Å². The highest BCUT2D eigenvalue weighted by Gasteiger charge is 2.19. The average molecular weight is 268 g/mol. The summed E-state index contributed by atoms with van der Waals surface area (Å²) in [5.41, 5.74) is 0.787. The summed E-state index contributed by atoms with van der Waals surface area (Å²) in [5, 5.41) is 3.35. The minimum Gasteiger partial charge on any atom is -0.311 e. The molecule has 1 N–H and O–H groups in total. The van der Waals surface area contributed by atoms with Crippen molar-refractivity contribution in [3.63, 3.8) is 0 Å². The van der Waals surface area contributed by atoms with Gasteiger partial charge in [0.25, 0.3) is 0 Å². The molecule has 1 aromatic carbocycles. The topological polar surface area (TPSA) is 15.3 Å². The molecule has 0 aromatic heterocycles. The SMILES string of the molecule is CCC(CNCc1ccc(F)c(F)c1)N1CCCC1.